The predicted molar refractivity (Wildman–Crippen MR) is 225 cm³/mol. The van der Waals surface area contributed by atoms with Gasteiger partial charge in [-0.2, -0.15) is 0 Å². The van der Waals surface area contributed by atoms with Crippen molar-refractivity contribution < 1.29 is 18.9 Å². The molecular weight excluding hydrogens is 733 g/mol. The van der Waals surface area contributed by atoms with Crippen LogP contribution in [0.1, 0.15) is 22.3 Å². The number of thiocarbonyl (C=S) groups is 2. The molecule has 53 heavy (non-hydrogen) atoms. The highest BCUT2D eigenvalue weighted by atomic mass is 32.2. The highest BCUT2D eigenvalue weighted by molar-refractivity contribution is 8.23. The van der Waals surface area contributed by atoms with Crippen molar-refractivity contribution in [1.82, 2.24) is 0 Å². The molecule has 0 N–H and O–H groups in total. The molecule has 6 aromatic carbocycles. The monoisotopic (exact) mass is 766 g/mol. The average molecular weight is 767 g/mol. The minimum Gasteiger partial charge on any atom is -0.489 e. The van der Waals surface area contributed by atoms with E-state index in [0.717, 1.165) is 56.4 Å². The molecule has 262 valence electrons. The first-order valence-electron chi connectivity index (χ1n) is 17.6. The first-order valence-corrected chi connectivity index (χ1v) is 20.4. The zero-order valence-electron chi connectivity index (χ0n) is 28.6. The normalized spacial score (nSPS) is 18.2. The van der Waals surface area contributed by atoms with Crippen LogP contribution in [0.2, 0.25) is 0 Å². The largest absolute Gasteiger partial charge is 0.489 e. The number of rotatable bonds is 10. The summed E-state index contributed by atoms with van der Waals surface area (Å²) in [5.74, 6) is 3.19. The molecule has 2 heterocycles. The van der Waals surface area contributed by atoms with Gasteiger partial charge < -0.3 is 18.9 Å². The third-order valence-electron chi connectivity index (χ3n) is 10.1. The summed E-state index contributed by atoms with van der Waals surface area (Å²) in [6.45, 7) is 0.836. The van der Waals surface area contributed by atoms with E-state index >= 15 is 0 Å². The molecule has 2 saturated heterocycles. The molecular formula is C45H34O4S4. The van der Waals surface area contributed by atoms with Crippen LogP contribution in [0.25, 0.3) is 33.4 Å². The van der Waals surface area contributed by atoms with E-state index in [1.807, 2.05) is 12.1 Å². The van der Waals surface area contributed by atoms with Crippen molar-refractivity contribution in [2.24, 2.45) is 0 Å². The Kier molecular flexibility index (Phi) is 9.46. The molecule has 0 spiro atoms. The van der Waals surface area contributed by atoms with Crippen molar-refractivity contribution >= 4 is 56.7 Å². The van der Waals surface area contributed by atoms with E-state index in [9.17, 15) is 0 Å². The van der Waals surface area contributed by atoms with Gasteiger partial charge in [0.25, 0.3) is 0 Å². The van der Waals surface area contributed by atoms with Crippen LogP contribution < -0.4 is 9.47 Å². The van der Waals surface area contributed by atoms with Gasteiger partial charge in [0.15, 0.2) is 0 Å². The lowest BCUT2D eigenvalue weighted by atomic mass is 9.67. The van der Waals surface area contributed by atoms with Crippen LogP contribution in [-0.2, 0) is 14.9 Å². The van der Waals surface area contributed by atoms with E-state index in [-0.39, 0.29) is 12.2 Å². The molecule has 3 aliphatic rings. The van der Waals surface area contributed by atoms with Gasteiger partial charge in [0, 0.05) is 22.6 Å². The molecule has 8 heteroatoms. The van der Waals surface area contributed by atoms with Crippen LogP contribution in [0.5, 0.6) is 11.5 Å². The molecule has 4 nitrogen and oxygen atoms in total. The Morgan fingerprint density at radius 2 is 0.925 bits per heavy atom. The van der Waals surface area contributed by atoms with Crippen molar-refractivity contribution in [2.45, 2.75) is 17.6 Å². The summed E-state index contributed by atoms with van der Waals surface area (Å²) >= 11 is 13.7. The Balaban J connectivity index is 1.24. The molecule has 0 radical (unpaired) electrons. The molecule has 0 amide bonds. The first-order chi connectivity index (χ1) is 26.1. The van der Waals surface area contributed by atoms with Gasteiger partial charge in [0.05, 0.1) is 5.41 Å². The zero-order valence-corrected chi connectivity index (χ0v) is 31.9. The fraction of sp³-hybridized carbons (Fsp3) is 0.156. The number of benzene rings is 6. The van der Waals surface area contributed by atoms with Gasteiger partial charge in [-0.3, -0.25) is 0 Å². The molecule has 6 aromatic rings. The number of thioether (sulfide) groups is 2. The maximum absolute atomic E-state index is 6.55. The summed E-state index contributed by atoms with van der Waals surface area (Å²) in [5, 5.41) is 0. The van der Waals surface area contributed by atoms with Gasteiger partial charge in [0.2, 0.25) is 8.77 Å². The molecule has 2 fully saturated rings. The van der Waals surface area contributed by atoms with Crippen molar-refractivity contribution in [3.05, 3.63) is 168 Å². The average Bonchev–Trinajstić information content (AvgIpc) is 3.92. The second-order valence-electron chi connectivity index (χ2n) is 13.2. The highest BCUT2D eigenvalue weighted by Gasteiger charge is 2.46. The van der Waals surface area contributed by atoms with E-state index in [4.69, 9.17) is 43.4 Å². The Bertz CT molecular complexity index is 2160. The second kappa shape index (κ2) is 14.7. The van der Waals surface area contributed by atoms with Gasteiger partial charge in [0.1, 0.15) is 36.9 Å². The lowest BCUT2D eigenvalue weighted by Crippen LogP contribution is -2.29. The molecule has 9 rings (SSSR count). The van der Waals surface area contributed by atoms with Crippen LogP contribution in [0.3, 0.4) is 0 Å². The Hall–Kier alpha value is -4.60. The summed E-state index contributed by atoms with van der Waals surface area (Å²) in [4.78, 5) is 0. The van der Waals surface area contributed by atoms with E-state index in [1.165, 1.54) is 22.3 Å². The van der Waals surface area contributed by atoms with Crippen molar-refractivity contribution in [1.29, 1.82) is 0 Å². The van der Waals surface area contributed by atoms with Gasteiger partial charge in [-0.1, -0.05) is 145 Å². The van der Waals surface area contributed by atoms with E-state index < -0.39 is 5.41 Å². The number of ether oxygens (including phenoxy) is 4. The number of hydrogen-bond donors (Lipinski definition) is 0. The van der Waals surface area contributed by atoms with Crippen LogP contribution in [0.15, 0.2) is 146 Å². The standard InChI is InChI=1S/C45H34O4S4/c50-43-48-33(27-52-43)25-46-41-21-19-31(23-37(41)29-11-3-1-4-12-29)45(39-17-9-7-15-35(39)36-16-8-10-18-40(36)45)32-20-22-42(47-26-34-28-53-44(51)49-34)38(24-32)30-13-5-2-6-14-30/h1-24,33-34H,25-28H2. The van der Waals surface area contributed by atoms with Crippen molar-refractivity contribution in [2.75, 3.05) is 24.7 Å². The summed E-state index contributed by atoms with van der Waals surface area (Å²) in [7, 11) is 0. The number of hydrogen-bond acceptors (Lipinski definition) is 8. The molecule has 2 unspecified atom stereocenters. The summed E-state index contributed by atoms with van der Waals surface area (Å²) in [6.07, 6.45) is -0.160. The van der Waals surface area contributed by atoms with Crippen LogP contribution in [0.4, 0.5) is 0 Å². The topological polar surface area (TPSA) is 36.9 Å². The zero-order chi connectivity index (χ0) is 35.8. The van der Waals surface area contributed by atoms with E-state index in [1.54, 1.807) is 23.5 Å². The quantitative estimate of drug-likeness (QED) is 0.127. The summed E-state index contributed by atoms with van der Waals surface area (Å²) in [6, 6.07) is 52.0. The molecule has 1 aliphatic carbocycles. The smallest absolute Gasteiger partial charge is 0.220 e. The van der Waals surface area contributed by atoms with Crippen LogP contribution in [0, 0.1) is 0 Å². The SMILES string of the molecule is S=C1OC(COc2ccc(C3(c4ccc(OCC5CSC(=S)O5)c(-c5ccccc5)c4)c4ccccc4-c4ccccc43)cc2-c2ccccc2)CS1. The van der Waals surface area contributed by atoms with Gasteiger partial charge >= 0.3 is 0 Å². The maximum atomic E-state index is 6.55. The van der Waals surface area contributed by atoms with E-state index in [2.05, 4.69) is 133 Å². The molecule has 0 saturated carbocycles. The van der Waals surface area contributed by atoms with Gasteiger partial charge in [-0.25, -0.2) is 0 Å². The van der Waals surface area contributed by atoms with E-state index in [0.29, 0.717) is 22.0 Å². The van der Waals surface area contributed by atoms with Crippen LogP contribution >= 0.6 is 48.0 Å². The van der Waals surface area contributed by atoms with Crippen LogP contribution in [-0.4, -0.2) is 45.7 Å². The molecule has 2 atom stereocenters. The maximum Gasteiger partial charge on any atom is 0.220 e. The Labute approximate surface area is 328 Å². The van der Waals surface area contributed by atoms with Gasteiger partial charge in [-0.15, -0.1) is 0 Å². The Morgan fingerprint density at radius 3 is 1.34 bits per heavy atom. The predicted octanol–water partition coefficient (Wildman–Crippen LogP) is 11.0. The summed E-state index contributed by atoms with van der Waals surface area (Å²) < 4.78 is 25.9. The third kappa shape index (κ3) is 6.42. The lowest BCUT2D eigenvalue weighted by Gasteiger charge is -2.35. The van der Waals surface area contributed by atoms with Crippen molar-refractivity contribution in [3.8, 4) is 44.9 Å². The highest BCUT2D eigenvalue weighted by Crippen LogP contribution is 2.57. The fourth-order valence-corrected chi connectivity index (χ4v) is 9.81. The molecule has 0 bridgehead atoms. The van der Waals surface area contributed by atoms with Crippen molar-refractivity contribution in [3.63, 3.8) is 0 Å². The molecule has 2 aliphatic heterocycles. The second-order valence-corrected chi connectivity index (χ2v) is 16.5. The number of fused-ring (bicyclic) bond motifs is 3. The lowest BCUT2D eigenvalue weighted by molar-refractivity contribution is 0.151. The van der Waals surface area contributed by atoms with Gasteiger partial charge in [-0.05, 0) is 93.2 Å². The minimum atomic E-state index is -0.647. The fourth-order valence-electron chi connectivity index (χ4n) is 7.75. The molecule has 0 aromatic heterocycles. The summed E-state index contributed by atoms with van der Waals surface area (Å²) in [5.41, 5.74) is 10.8. The first kappa shape index (κ1) is 34.2. The Morgan fingerprint density at radius 1 is 0.509 bits per heavy atom. The minimum absolute atomic E-state index is 0.0801. The third-order valence-corrected chi connectivity index (χ3v) is 12.7.